The van der Waals surface area contributed by atoms with E-state index in [-0.39, 0.29) is 0 Å². The molecule has 0 saturated carbocycles. The molecule has 0 spiro atoms. The molecule has 2 N–H and O–H groups in total. The van der Waals surface area contributed by atoms with Gasteiger partial charge in [-0.15, -0.1) is 0 Å². The highest BCUT2D eigenvalue weighted by Gasteiger charge is 2.22. The molecule has 1 aliphatic rings. The lowest BCUT2D eigenvalue weighted by molar-refractivity contribution is 0.739. The highest BCUT2D eigenvalue weighted by Crippen LogP contribution is 2.23. The highest BCUT2D eigenvalue weighted by atomic mass is 79.9. The molecule has 0 bridgehead atoms. The van der Waals surface area contributed by atoms with E-state index >= 15 is 0 Å². The quantitative estimate of drug-likeness (QED) is 0.664. The molecule has 1 unspecified atom stereocenters. The molecule has 1 heterocycles. The Kier molecular flexibility index (Phi) is 4.07. The molecule has 0 aliphatic carbocycles. The van der Waals surface area contributed by atoms with Gasteiger partial charge in [0, 0.05) is 12.7 Å². The summed E-state index contributed by atoms with van der Waals surface area (Å²) in [5.41, 5.74) is 1.30. The average molecular weight is 315 g/mol. The maximum atomic E-state index is 5.99. The van der Waals surface area contributed by atoms with Gasteiger partial charge in [-0.1, -0.05) is 41.9 Å². The van der Waals surface area contributed by atoms with E-state index in [9.17, 15) is 0 Å². The van der Waals surface area contributed by atoms with E-state index in [0.29, 0.717) is 0 Å². The van der Waals surface area contributed by atoms with Crippen molar-refractivity contribution in [3.05, 3.63) is 48.2 Å². The zero-order chi connectivity index (χ0) is 12.1. The Morgan fingerprint density at radius 3 is 2.82 bits per heavy atom. The van der Waals surface area contributed by atoms with Crippen LogP contribution in [0.3, 0.4) is 0 Å². The van der Waals surface area contributed by atoms with Crippen LogP contribution in [0, 0.1) is 0 Å². The van der Waals surface area contributed by atoms with Gasteiger partial charge in [0.25, 0.3) is 4.03 Å². The van der Waals surface area contributed by atoms with Crippen molar-refractivity contribution >= 4 is 33.4 Å². The van der Waals surface area contributed by atoms with Crippen molar-refractivity contribution in [3.8, 4) is 0 Å². The van der Waals surface area contributed by atoms with Gasteiger partial charge in [0.1, 0.15) is 5.84 Å². The van der Waals surface area contributed by atoms with E-state index in [2.05, 4.69) is 43.7 Å². The van der Waals surface area contributed by atoms with Crippen LogP contribution in [0.15, 0.2) is 47.6 Å². The number of alkyl halides is 2. The molecule has 90 valence electrons. The van der Waals surface area contributed by atoms with Crippen molar-refractivity contribution in [2.75, 3.05) is 6.54 Å². The topological polar surface area (TPSA) is 36.4 Å². The fourth-order valence-corrected chi connectivity index (χ4v) is 2.00. The Morgan fingerprint density at radius 2 is 2.12 bits per heavy atom. The third kappa shape index (κ3) is 4.06. The first kappa shape index (κ1) is 12.5. The molecule has 0 fully saturated rings. The Hall–Kier alpha value is -1.00. The number of hydrogen-bond donors (Lipinski definition) is 2. The predicted octanol–water partition coefficient (Wildman–Crippen LogP) is 2.58. The molecular weight excluding hydrogens is 302 g/mol. The van der Waals surface area contributed by atoms with Gasteiger partial charge in [0.15, 0.2) is 0 Å². The lowest BCUT2D eigenvalue weighted by Crippen LogP contribution is -2.36. The van der Waals surface area contributed by atoms with Crippen molar-refractivity contribution in [1.82, 2.24) is 10.6 Å². The van der Waals surface area contributed by atoms with Crippen molar-refractivity contribution in [1.29, 1.82) is 0 Å². The molecule has 5 heteroatoms. The van der Waals surface area contributed by atoms with Crippen LogP contribution in [-0.4, -0.2) is 16.4 Å². The minimum atomic E-state index is -0.920. The summed E-state index contributed by atoms with van der Waals surface area (Å²) in [6.45, 7) is 0.827. The zero-order valence-electron chi connectivity index (χ0n) is 9.16. The Morgan fingerprint density at radius 1 is 1.35 bits per heavy atom. The zero-order valence-corrected chi connectivity index (χ0v) is 11.5. The van der Waals surface area contributed by atoms with Crippen LogP contribution in [0.1, 0.15) is 5.56 Å². The van der Waals surface area contributed by atoms with Gasteiger partial charge in [0.05, 0.1) is 0 Å². The van der Waals surface area contributed by atoms with Gasteiger partial charge in [-0.25, -0.2) is 4.99 Å². The van der Waals surface area contributed by atoms with Gasteiger partial charge in [0.2, 0.25) is 0 Å². The fourth-order valence-electron chi connectivity index (χ4n) is 1.52. The van der Waals surface area contributed by atoms with E-state index in [1.54, 1.807) is 6.20 Å². The third-order valence-electron chi connectivity index (χ3n) is 2.32. The molecule has 0 saturated heterocycles. The minimum absolute atomic E-state index is 0.770. The van der Waals surface area contributed by atoms with Crippen LogP contribution < -0.4 is 10.6 Å². The van der Waals surface area contributed by atoms with Gasteiger partial charge >= 0.3 is 0 Å². The number of aliphatic imine (C=N–C) groups is 1. The van der Waals surface area contributed by atoms with Crippen LogP contribution >= 0.6 is 27.5 Å². The van der Waals surface area contributed by atoms with Gasteiger partial charge in [-0.2, -0.15) is 0 Å². The molecule has 0 amide bonds. The summed E-state index contributed by atoms with van der Waals surface area (Å²) in [6.07, 6.45) is 4.57. The Balaban J connectivity index is 1.83. The molecule has 1 aromatic carbocycles. The van der Waals surface area contributed by atoms with Crippen LogP contribution in [-0.2, 0) is 6.42 Å². The molecule has 2 rings (SSSR count). The number of nitrogens with one attached hydrogen (secondary N) is 2. The normalized spacial score (nSPS) is 22.8. The van der Waals surface area contributed by atoms with Crippen molar-refractivity contribution in [2.45, 2.75) is 10.5 Å². The summed E-state index contributed by atoms with van der Waals surface area (Å²) in [4.78, 5) is 4.24. The summed E-state index contributed by atoms with van der Waals surface area (Å²) in [6, 6.07) is 10.3. The van der Waals surface area contributed by atoms with Crippen LogP contribution in [0.5, 0.6) is 0 Å². The smallest absolute Gasteiger partial charge is 0.265 e. The Labute approximate surface area is 114 Å². The van der Waals surface area contributed by atoms with Crippen LogP contribution in [0.2, 0.25) is 0 Å². The largest absolute Gasteiger partial charge is 0.370 e. The molecule has 0 radical (unpaired) electrons. The van der Waals surface area contributed by atoms with Crippen molar-refractivity contribution < 1.29 is 0 Å². The maximum Gasteiger partial charge on any atom is 0.265 e. The van der Waals surface area contributed by atoms with Crippen LogP contribution in [0.4, 0.5) is 0 Å². The third-order valence-corrected chi connectivity index (χ3v) is 2.92. The predicted molar refractivity (Wildman–Crippen MR) is 75.4 cm³/mol. The van der Waals surface area contributed by atoms with E-state index in [4.69, 9.17) is 11.6 Å². The molecule has 1 aromatic rings. The van der Waals surface area contributed by atoms with Crippen LogP contribution in [0.25, 0.3) is 0 Å². The maximum absolute atomic E-state index is 5.99. The van der Waals surface area contributed by atoms with E-state index in [1.165, 1.54) is 5.56 Å². The van der Waals surface area contributed by atoms with Gasteiger partial charge in [-0.3, -0.25) is 0 Å². The number of hydrogen-bond acceptors (Lipinski definition) is 3. The first-order valence-corrected chi connectivity index (χ1v) is 6.52. The summed E-state index contributed by atoms with van der Waals surface area (Å²) in [5.74, 6) is 0.770. The monoisotopic (exact) mass is 313 g/mol. The van der Waals surface area contributed by atoms with Gasteiger partial charge < -0.3 is 10.6 Å². The average Bonchev–Trinajstić information content (AvgIpc) is 2.29. The minimum Gasteiger partial charge on any atom is -0.370 e. The summed E-state index contributed by atoms with van der Waals surface area (Å²) >= 11 is 9.23. The second-order valence-corrected chi connectivity index (χ2v) is 5.83. The first-order chi connectivity index (χ1) is 8.16. The number of amidine groups is 1. The summed E-state index contributed by atoms with van der Waals surface area (Å²) < 4.78 is -0.920. The highest BCUT2D eigenvalue weighted by molar-refractivity contribution is 9.10. The number of halogens is 2. The lowest BCUT2D eigenvalue weighted by atomic mass is 10.1. The van der Waals surface area contributed by atoms with Crippen molar-refractivity contribution in [2.24, 2.45) is 4.99 Å². The summed E-state index contributed by atoms with van der Waals surface area (Å²) in [5, 5.41) is 6.10. The SMILES string of the molecule is ClC1(Br)N=C(NCCc2ccccc2)C=CN1. The standard InChI is InChI=1S/C12H13BrClN3/c13-12(14)16-9-7-11(17-12)15-8-6-10-4-2-1-3-5-10/h1-5,7,9,16H,6,8H2,(H,15,17). The Bertz CT molecular complexity index is 429. The molecule has 3 nitrogen and oxygen atoms in total. The molecule has 1 aliphatic heterocycles. The second-order valence-electron chi connectivity index (χ2n) is 3.68. The fraction of sp³-hybridized carbons (Fsp3) is 0.250. The van der Waals surface area contributed by atoms with E-state index in [1.807, 2.05) is 24.3 Å². The molecule has 1 atom stereocenters. The number of rotatable bonds is 3. The van der Waals surface area contributed by atoms with E-state index in [0.717, 1.165) is 18.8 Å². The number of benzene rings is 1. The lowest BCUT2D eigenvalue weighted by Gasteiger charge is -2.21. The number of nitrogens with zero attached hydrogens (tertiary/aromatic N) is 1. The summed E-state index contributed by atoms with van der Waals surface area (Å²) in [7, 11) is 0. The van der Waals surface area contributed by atoms with Crippen molar-refractivity contribution in [3.63, 3.8) is 0 Å². The van der Waals surface area contributed by atoms with E-state index < -0.39 is 4.03 Å². The van der Waals surface area contributed by atoms with Gasteiger partial charge in [-0.05, 0) is 34.0 Å². The molecule has 0 aromatic heterocycles. The molecular formula is C12H13BrClN3. The molecule has 17 heavy (non-hydrogen) atoms. The first-order valence-electron chi connectivity index (χ1n) is 5.35. The second kappa shape index (κ2) is 5.56.